The molecule has 100 valence electrons. The fourth-order valence-corrected chi connectivity index (χ4v) is 1.90. The molecule has 1 aromatic carbocycles. The number of rotatable bonds is 7. The topological polar surface area (TPSA) is 55.1 Å². The van der Waals surface area contributed by atoms with Gasteiger partial charge in [0, 0.05) is 13.1 Å². The van der Waals surface area contributed by atoms with Gasteiger partial charge in [0.15, 0.2) is 0 Å². The molecular formula is C15H24N2O. The SMILES string of the molecule is CC(C)CCCNC(=O)Cc1ccccc1CN. The summed E-state index contributed by atoms with van der Waals surface area (Å²) in [4.78, 5) is 11.8. The maximum atomic E-state index is 11.8. The Balaban J connectivity index is 2.35. The minimum absolute atomic E-state index is 0.0830. The highest BCUT2D eigenvalue weighted by molar-refractivity contribution is 5.78. The van der Waals surface area contributed by atoms with Gasteiger partial charge in [0.2, 0.25) is 5.91 Å². The van der Waals surface area contributed by atoms with E-state index < -0.39 is 0 Å². The molecule has 3 N–H and O–H groups in total. The zero-order valence-corrected chi connectivity index (χ0v) is 11.4. The highest BCUT2D eigenvalue weighted by Crippen LogP contribution is 2.08. The van der Waals surface area contributed by atoms with Crippen LogP contribution in [0.15, 0.2) is 24.3 Å². The van der Waals surface area contributed by atoms with Gasteiger partial charge in [-0.25, -0.2) is 0 Å². The van der Waals surface area contributed by atoms with Crippen LogP contribution in [-0.4, -0.2) is 12.5 Å². The van der Waals surface area contributed by atoms with Gasteiger partial charge in [-0.15, -0.1) is 0 Å². The van der Waals surface area contributed by atoms with Gasteiger partial charge in [-0.2, -0.15) is 0 Å². The van der Waals surface area contributed by atoms with Crippen molar-refractivity contribution in [3.05, 3.63) is 35.4 Å². The fraction of sp³-hybridized carbons (Fsp3) is 0.533. The molecular weight excluding hydrogens is 224 g/mol. The molecule has 0 bridgehead atoms. The Morgan fingerprint density at radius 3 is 2.56 bits per heavy atom. The van der Waals surface area contributed by atoms with E-state index in [2.05, 4.69) is 19.2 Å². The van der Waals surface area contributed by atoms with Crippen molar-refractivity contribution in [2.45, 2.75) is 39.7 Å². The quantitative estimate of drug-likeness (QED) is 0.727. The van der Waals surface area contributed by atoms with Crippen LogP contribution in [0.3, 0.4) is 0 Å². The Labute approximate surface area is 110 Å². The number of nitrogens with two attached hydrogens (primary N) is 1. The zero-order valence-electron chi connectivity index (χ0n) is 11.4. The van der Waals surface area contributed by atoms with Crippen LogP contribution in [-0.2, 0) is 17.8 Å². The van der Waals surface area contributed by atoms with Crippen LogP contribution in [0.1, 0.15) is 37.8 Å². The average Bonchev–Trinajstić information content (AvgIpc) is 2.35. The maximum absolute atomic E-state index is 11.8. The largest absolute Gasteiger partial charge is 0.356 e. The molecule has 1 rings (SSSR count). The number of benzene rings is 1. The summed E-state index contributed by atoms with van der Waals surface area (Å²) in [6.07, 6.45) is 2.62. The smallest absolute Gasteiger partial charge is 0.224 e. The Kier molecular flexibility index (Phi) is 6.44. The van der Waals surface area contributed by atoms with Crippen LogP contribution in [0.25, 0.3) is 0 Å². The van der Waals surface area contributed by atoms with E-state index in [0.717, 1.165) is 30.5 Å². The maximum Gasteiger partial charge on any atom is 0.224 e. The van der Waals surface area contributed by atoms with Gasteiger partial charge in [0.05, 0.1) is 6.42 Å². The van der Waals surface area contributed by atoms with Crippen molar-refractivity contribution in [1.82, 2.24) is 5.32 Å². The lowest BCUT2D eigenvalue weighted by Gasteiger charge is -2.09. The van der Waals surface area contributed by atoms with Crippen LogP contribution in [0, 0.1) is 5.92 Å². The van der Waals surface area contributed by atoms with Crippen molar-refractivity contribution >= 4 is 5.91 Å². The summed E-state index contributed by atoms with van der Waals surface area (Å²) in [5.41, 5.74) is 7.73. The number of hydrogen-bond donors (Lipinski definition) is 2. The predicted octanol–water partition coefficient (Wildman–Crippen LogP) is 2.24. The monoisotopic (exact) mass is 248 g/mol. The third kappa shape index (κ3) is 5.32. The molecule has 0 spiro atoms. The molecule has 0 radical (unpaired) electrons. The van der Waals surface area contributed by atoms with Gasteiger partial charge in [-0.05, 0) is 29.9 Å². The number of nitrogens with one attached hydrogen (secondary N) is 1. The van der Waals surface area contributed by atoms with E-state index in [4.69, 9.17) is 5.73 Å². The molecule has 0 aliphatic heterocycles. The minimum atomic E-state index is 0.0830. The highest BCUT2D eigenvalue weighted by atomic mass is 16.1. The highest BCUT2D eigenvalue weighted by Gasteiger charge is 2.06. The van der Waals surface area contributed by atoms with E-state index in [-0.39, 0.29) is 5.91 Å². The van der Waals surface area contributed by atoms with Crippen LogP contribution in [0.2, 0.25) is 0 Å². The van der Waals surface area contributed by atoms with Gasteiger partial charge < -0.3 is 11.1 Å². The fourth-order valence-electron chi connectivity index (χ4n) is 1.90. The molecule has 0 atom stereocenters. The summed E-state index contributed by atoms with van der Waals surface area (Å²) in [5.74, 6) is 0.777. The molecule has 0 unspecified atom stereocenters. The van der Waals surface area contributed by atoms with Crippen molar-refractivity contribution in [2.75, 3.05) is 6.54 Å². The van der Waals surface area contributed by atoms with E-state index in [0.29, 0.717) is 18.9 Å². The van der Waals surface area contributed by atoms with Gasteiger partial charge >= 0.3 is 0 Å². The van der Waals surface area contributed by atoms with Gasteiger partial charge in [0.1, 0.15) is 0 Å². The molecule has 0 saturated heterocycles. The Morgan fingerprint density at radius 1 is 1.28 bits per heavy atom. The summed E-state index contributed by atoms with van der Waals surface area (Å²) >= 11 is 0. The molecule has 1 amide bonds. The summed E-state index contributed by atoms with van der Waals surface area (Å²) in [5, 5.41) is 2.96. The van der Waals surface area contributed by atoms with Crippen molar-refractivity contribution in [3.63, 3.8) is 0 Å². The molecule has 0 fully saturated rings. The van der Waals surface area contributed by atoms with E-state index in [9.17, 15) is 4.79 Å². The van der Waals surface area contributed by atoms with E-state index in [1.165, 1.54) is 0 Å². The first-order chi connectivity index (χ1) is 8.63. The number of carbonyl (C=O) groups excluding carboxylic acids is 1. The molecule has 18 heavy (non-hydrogen) atoms. The first kappa shape index (κ1) is 14.7. The van der Waals surface area contributed by atoms with E-state index in [1.807, 2.05) is 24.3 Å². The molecule has 0 heterocycles. The van der Waals surface area contributed by atoms with E-state index >= 15 is 0 Å². The Hall–Kier alpha value is -1.35. The van der Waals surface area contributed by atoms with E-state index in [1.54, 1.807) is 0 Å². The zero-order chi connectivity index (χ0) is 13.4. The molecule has 3 nitrogen and oxygen atoms in total. The average molecular weight is 248 g/mol. The third-order valence-corrected chi connectivity index (χ3v) is 2.97. The van der Waals surface area contributed by atoms with Gasteiger partial charge in [-0.3, -0.25) is 4.79 Å². The van der Waals surface area contributed by atoms with Crippen molar-refractivity contribution in [3.8, 4) is 0 Å². The summed E-state index contributed by atoms with van der Waals surface area (Å²) < 4.78 is 0. The first-order valence-electron chi connectivity index (χ1n) is 6.67. The van der Waals surface area contributed by atoms with Crippen LogP contribution < -0.4 is 11.1 Å². The standard InChI is InChI=1S/C15H24N2O/c1-12(2)6-5-9-17-15(18)10-13-7-3-4-8-14(13)11-16/h3-4,7-8,12H,5-6,9-11,16H2,1-2H3,(H,17,18). The lowest BCUT2D eigenvalue weighted by molar-refractivity contribution is -0.120. The number of hydrogen-bond acceptors (Lipinski definition) is 2. The van der Waals surface area contributed by atoms with Crippen molar-refractivity contribution in [2.24, 2.45) is 11.7 Å². The molecule has 0 aliphatic rings. The molecule has 0 aromatic heterocycles. The number of carbonyl (C=O) groups is 1. The molecule has 0 aliphatic carbocycles. The van der Waals surface area contributed by atoms with Crippen molar-refractivity contribution < 1.29 is 4.79 Å². The van der Waals surface area contributed by atoms with Gasteiger partial charge in [0.25, 0.3) is 0 Å². The second-order valence-corrected chi connectivity index (χ2v) is 5.04. The van der Waals surface area contributed by atoms with Crippen LogP contribution in [0.5, 0.6) is 0 Å². The molecule has 3 heteroatoms. The number of amides is 1. The molecule has 1 aromatic rings. The predicted molar refractivity (Wildman–Crippen MR) is 75.1 cm³/mol. The Morgan fingerprint density at radius 2 is 1.94 bits per heavy atom. The third-order valence-electron chi connectivity index (χ3n) is 2.97. The minimum Gasteiger partial charge on any atom is -0.356 e. The molecule has 0 saturated carbocycles. The normalized spacial score (nSPS) is 10.7. The van der Waals surface area contributed by atoms with Crippen LogP contribution >= 0.6 is 0 Å². The van der Waals surface area contributed by atoms with Crippen molar-refractivity contribution in [1.29, 1.82) is 0 Å². The summed E-state index contributed by atoms with van der Waals surface area (Å²) in [6.45, 7) is 5.64. The lowest BCUT2D eigenvalue weighted by atomic mass is 10.0. The summed E-state index contributed by atoms with van der Waals surface area (Å²) in [7, 11) is 0. The lowest BCUT2D eigenvalue weighted by Crippen LogP contribution is -2.26. The first-order valence-corrected chi connectivity index (χ1v) is 6.67. The Bertz CT molecular complexity index is 375. The summed E-state index contributed by atoms with van der Waals surface area (Å²) in [6, 6.07) is 7.84. The second kappa shape index (κ2) is 7.88. The van der Waals surface area contributed by atoms with Crippen LogP contribution in [0.4, 0.5) is 0 Å². The van der Waals surface area contributed by atoms with Gasteiger partial charge in [-0.1, -0.05) is 38.1 Å². The second-order valence-electron chi connectivity index (χ2n) is 5.04.